The molecule has 0 unspecified atom stereocenters. The van der Waals surface area contributed by atoms with Gasteiger partial charge in [-0.2, -0.15) is 0 Å². The van der Waals surface area contributed by atoms with E-state index in [4.69, 9.17) is 10.5 Å². The molecule has 0 spiro atoms. The van der Waals surface area contributed by atoms with Crippen molar-refractivity contribution in [2.75, 3.05) is 12.3 Å². The van der Waals surface area contributed by atoms with Gasteiger partial charge in [0.1, 0.15) is 11.4 Å². The highest BCUT2D eigenvalue weighted by Crippen LogP contribution is 2.35. The van der Waals surface area contributed by atoms with Crippen molar-refractivity contribution in [3.8, 4) is 10.4 Å². The molecule has 0 saturated heterocycles. The Kier molecular flexibility index (Phi) is 4.17. The van der Waals surface area contributed by atoms with Crippen molar-refractivity contribution in [3.05, 3.63) is 43.9 Å². The second-order valence-electron chi connectivity index (χ2n) is 5.35. The molecule has 0 aliphatic carbocycles. The van der Waals surface area contributed by atoms with Gasteiger partial charge < -0.3 is 10.5 Å². The minimum Gasteiger partial charge on any atom is -0.462 e. The van der Waals surface area contributed by atoms with Crippen LogP contribution in [0.5, 0.6) is 0 Å². The summed E-state index contributed by atoms with van der Waals surface area (Å²) in [6.45, 7) is 1.83. The number of hydrogen-bond acceptors (Lipinski definition) is 7. The largest absolute Gasteiger partial charge is 0.462 e. The van der Waals surface area contributed by atoms with Gasteiger partial charge in [-0.15, -0.1) is 11.3 Å². The molecule has 0 radical (unpaired) electrons. The van der Waals surface area contributed by atoms with E-state index in [2.05, 4.69) is 4.98 Å². The summed E-state index contributed by atoms with van der Waals surface area (Å²) in [6.07, 6.45) is 0. The van der Waals surface area contributed by atoms with Crippen molar-refractivity contribution in [2.45, 2.75) is 6.92 Å². The lowest BCUT2D eigenvalue weighted by Gasteiger charge is -2.15. The summed E-state index contributed by atoms with van der Waals surface area (Å²) < 4.78 is 7.30. The van der Waals surface area contributed by atoms with Crippen LogP contribution >= 0.6 is 11.3 Å². The van der Waals surface area contributed by atoms with Gasteiger partial charge in [0.25, 0.3) is 5.56 Å². The van der Waals surface area contributed by atoms with E-state index < -0.39 is 17.2 Å². The smallest absolute Gasteiger partial charge is 0.342 e. The monoisotopic (exact) mass is 360 g/mol. The molecule has 0 aliphatic rings. The minimum atomic E-state index is -0.659. The van der Waals surface area contributed by atoms with Gasteiger partial charge in [-0.05, 0) is 18.4 Å². The van der Waals surface area contributed by atoms with Crippen LogP contribution in [-0.4, -0.2) is 26.7 Å². The van der Waals surface area contributed by atoms with Crippen molar-refractivity contribution in [1.82, 2.24) is 14.1 Å². The predicted octanol–water partition coefficient (Wildman–Crippen LogP) is 1.12. The van der Waals surface area contributed by atoms with Crippen LogP contribution in [0.2, 0.25) is 0 Å². The molecule has 25 heavy (non-hydrogen) atoms. The van der Waals surface area contributed by atoms with Crippen LogP contribution in [0.4, 0.5) is 5.82 Å². The molecular formula is C16H16N4O4S. The van der Waals surface area contributed by atoms with Crippen LogP contribution in [0.15, 0.2) is 27.1 Å². The van der Waals surface area contributed by atoms with Crippen LogP contribution in [-0.2, 0) is 18.8 Å². The number of aryl methyl sites for hydroxylation is 1. The molecule has 0 aliphatic heterocycles. The average molecular weight is 360 g/mol. The zero-order valence-corrected chi connectivity index (χ0v) is 14.7. The topological polar surface area (TPSA) is 109 Å². The van der Waals surface area contributed by atoms with Gasteiger partial charge in [0.15, 0.2) is 5.65 Å². The first-order valence-corrected chi connectivity index (χ1v) is 8.36. The van der Waals surface area contributed by atoms with Gasteiger partial charge in [0.2, 0.25) is 0 Å². The molecule has 0 amide bonds. The molecule has 3 aromatic heterocycles. The summed E-state index contributed by atoms with van der Waals surface area (Å²) in [5.41, 5.74) is 5.44. The third kappa shape index (κ3) is 2.52. The van der Waals surface area contributed by atoms with E-state index in [1.165, 1.54) is 30.0 Å². The fourth-order valence-electron chi connectivity index (χ4n) is 2.68. The summed E-state index contributed by atoms with van der Waals surface area (Å²) in [7, 11) is 2.88. The van der Waals surface area contributed by atoms with Crippen molar-refractivity contribution in [2.24, 2.45) is 14.1 Å². The van der Waals surface area contributed by atoms with Crippen molar-refractivity contribution >= 4 is 34.2 Å². The number of thiophene rings is 1. The number of aromatic nitrogens is 3. The normalized spacial score (nSPS) is 11.0. The number of nitrogens with zero attached hydrogens (tertiary/aromatic N) is 3. The van der Waals surface area contributed by atoms with Crippen molar-refractivity contribution in [3.63, 3.8) is 0 Å². The molecule has 3 aromatic rings. The average Bonchev–Trinajstić information content (AvgIpc) is 3.11. The second-order valence-corrected chi connectivity index (χ2v) is 6.30. The van der Waals surface area contributed by atoms with E-state index >= 15 is 0 Å². The summed E-state index contributed by atoms with van der Waals surface area (Å²) >= 11 is 1.35. The molecular weight excluding hydrogens is 344 g/mol. The Bertz CT molecular complexity index is 1100. The molecule has 9 heteroatoms. The van der Waals surface area contributed by atoms with Gasteiger partial charge in [-0.3, -0.25) is 13.9 Å². The summed E-state index contributed by atoms with van der Waals surface area (Å²) in [6, 6.07) is 3.57. The van der Waals surface area contributed by atoms with E-state index in [1.54, 1.807) is 19.1 Å². The number of hydrogen-bond donors (Lipinski definition) is 1. The number of rotatable bonds is 3. The number of nitrogen functional groups attached to an aromatic ring is 1. The Balaban J connectivity index is 2.60. The van der Waals surface area contributed by atoms with E-state index in [0.717, 1.165) is 4.57 Å². The SMILES string of the molecule is CCOC(=O)c1c(N)nc2c(c1-c1cccs1)c(=O)n(C)c(=O)n2C. The fraction of sp³-hybridized carbons (Fsp3) is 0.250. The van der Waals surface area contributed by atoms with Crippen LogP contribution in [0, 0.1) is 0 Å². The maximum absolute atomic E-state index is 12.8. The van der Waals surface area contributed by atoms with Crippen LogP contribution < -0.4 is 17.0 Å². The van der Waals surface area contributed by atoms with Gasteiger partial charge in [-0.25, -0.2) is 14.6 Å². The molecule has 0 saturated carbocycles. The number of fused-ring (bicyclic) bond motifs is 1. The Hall–Kier alpha value is -2.94. The van der Waals surface area contributed by atoms with E-state index in [-0.39, 0.29) is 29.0 Å². The zero-order valence-electron chi connectivity index (χ0n) is 13.9. The first kappa shape index (κ1) is 16.9. The lowest BCUT2D eigenvalue weighted by molar-refractivity contribution is 0.0528. The second kappa shape index (κ2) is 6.17. The standard InChI is InChI=1S/C16H16N4O4S/c1-4-24-15(22)10-9(8-6-5-7-25-8)11-13(18-12(10)17)19(2)16(23)20(3)14(11)21/h5-7H,4H2,1-3H3,(H2,17,18). The highest BCUT2D eigenvalue weighted by molar-refractivity contribution is 7.13. The number of ether oxygens (including phenoxy) is 1. The fourth-order valence-corrected chi connectivity index (χ4v) is 3.47. The number of carbonyl (C=O) groups is 1. The van der Waals surface area contributed by atoms with E-state index in [0.29, 0.717) is 10.4 Å². The van der Waals surface area contributed by atoms with E-state index in [9.17, 15) is 14.4 Å². The molecule has 2 N–H and O–H groups in total. The summed E-state index contributed by atoms with van der Waals surface area (Å²) in [5.74, 6) is -0.744. The quantitative estimate of drug-likeness (QED) is 0.701. The molecule has 3 rings (SSSR count). The Morgan fingerprint density at radius 2 is 2.04 bits per heavy atom. The predicted molar refractivity (Wildman–Crippen MR) is 95.9 cm³/mol. The van der Waals surface area contributed by atoms with Gasteiger partial charge in [0.05, 0.1) is 12.0 Å². The molecule has 0 fully saturated rings. The molecule has 0 atom stereocenters. The third-order valence-electron chi connectivity index (χ3n) is 3.86. The maximum Gasteiger partial charge on any atom is 0.342 e. The molecule has 3 heterocycles. The number of carbonyl (C=O) groups excluding carboxylic acids is 1. The highest BCUT2D eigenvalue weighted by atomic mass is 32.1. The molecule has 0 aromatic carbocycles. The summed E-state index contributed by atoms with van der Waals surface area (Å²) in [4.78, 5) is 42.2. The summed E-state index contributed by atoms with van der Waals surface area (Å²) in [5, 5.41) is 1.98. The lowest BCUT2D eigenvalue weighted by Crippen LogP contribution is -2.38. The van der Waals surface area contributed by atoms with Gasteiger partial charge >= 0.3 is 11.7 Å². The Morgan fingerprint density at radius 1 is 1.32 bits per heavy atom. The number of nitrogens with two attached hydrogens (primary N) is 1. The van der Waals surface area contributed by atoms with Crippen LogP contribution in [0.3, 0.4) is 0 Å². The molecule has 8 nitrogen and oxygen atoms in total. The minimum absolute atomic E-state index is 0.0348. The molecule has 130 valence electrons. The first-order chi connectivity index (χ1) is 11.9. The highest BCUT2D eigenvalue weighted by Gasteiger charge is 2.26. The number of esters is 1. The Morgan fingerprint density at radius 3 is 2.64 bits per heavy atom. The van der Waals surface area contributed by atoms with Gasteiger partial charge in [-0.1, -0.05) is 6.07 Å². The Labute approximate surface area is 146 Å². The van der Waals surface area contributed by atoms with Crippen LogP contribution in [0.25, 0.3) is 21.5 Å². The first-order valence-electron chi connectivity index (χ1n) is 7.48. The lowest BCUT2D eigenvalue weighted by atomic mass is 10.0. The van der Waals surface area contributed by atoms with Crippen molar-refractivity contribution in [1.29, 1.82) is 0 Å². The van der Waals surface area contributed by atoms with Crippen LogP contribution in [0.1, 0.15) is 17.3 Å². The number of pyridine rings is 1. The third-order valence-corrected chi connectivity index (χ3v) is 4.75. The molecule has 0 bridgehead atoms. The zero-order chi connectivity index (χ0) is 18.3. The van der Waals surface area contributed by atoms with E-state index in [1.807, 2.05) is 5.38 Å². The van der Waals surface area contributed by atoms with Crippen molar-refractivity contribution < 1.29 is 9.53 Å². The van der Waals surface area contributed by atoms with Gasteiger partial charge in [0, 0.05) is 24.5 Å². The maximum atomic E-state index is 12.8. The number of anilines is 1.